The Labute approximate surface area is 177 Å². The van der Waals surface area contributed by atoms with Crippen molar-refractivity contribution in [2.24, 2.45) is 0 Å². The lowest BCUT2D eigenvalue weighted by Gasteiger charge is -2.18. The number of halogens is 1. The molecule has 2 aromatic carbocycles. The highest BCUT2D eigenvalue weighted by Crippen LogP contribution is 2.42. The molecule has 0 heterocycles. The van der Waals surface area contributed by atoms with E-state index in [1.807, 2.05) is 24.3 Å². The van der Waals surface area contributed by atoms with Gasteiger partial charge in [-0.3, -0.25) is 4.79 Å². The molecule has 0 aliphatic rings. The monoisotopic (exact) mass is 496 g/mol. The second-order valence-electron chi connectivity index (χ2n) is 5.77. The van der Waals surface area contributed by atoms with E-state index < -0.39 is 5.97 Å². The lowest BCUT2D eigenvalue weighted by Crippen LogP contribution is -2.04. The van der Waals surface area contributed by atoms with Crippen LogP contribution in [0.2, 0.25) is 0 Å². The van der Waals surface area contributed by atoms with Crippen molar-refractivity contribution in [2.75, 3.05) is 21.3 Å². The first-order valence-corrected chi connectivity index (χ1v) is 9.42. The molecule has 0 saturated carbocycles. The van der Waals surface area contributed by atoms with Gasteiger partial charge in [-0.25, -0.2) is 4.79 Å². The Bertz CT molecular complexity index is 887. The van der Waals surface area contributed by atoms with Crippen LogP contribution in [0.15, 0.2) is 36.4 Å². The summed E-state index contributed by atoms with van der Waals surface area (Å²) in [6.45, 7) is 2.09. The van der Waals surface area contributed by atoms with Crippen LogP contribution in [0.5, 0.6) is 17.2 Å². The van der Waals surface area contributed by atoms with Crippen molar-refractivity contribution in [3.63, 3.8) is 0 Å². The van der Waals surface area contributed by atoms with E-state index in [0.717, 1.165) is 11.1 Å². The van der Waals surface area contributed by atoms with Crippen LogP contribution in [0.3, 0.4) is 0 Å². The third-order valence-electron chi connectivity index (χ3n) is 4.06. The zero-order valence-corrected chi connectivity index (χ0v) is 18.2. The summed E-state index contributed by atoms with van der Waals surface area (Å²) in [6.07, 6.45) is 3.03. The van der Waals surface area contributed by atoms with Crippen molar-refractivity contribution in [2.45, 2.75) is 13.5 Å². The normalized spacial score (nSPS) is 10.6. The number of carbonyl (C=O) groups excluding carboxylic acids is 2. The smallest absolute Gasteiger partial charge is 0.330 e. The molecule has 0 fully saturated rings. The fourth-order valence-corrected chi connectivity index (χ4v) is 3.12. The molecule has 2 rings (SSSR count). The van der Waals surface area contributed by atoms with Gasteiger partial charge >= 0.3 is 5.97 Å². The van der Waals surface area contributed by atoms with Gasteiger partial charge in [-0.15, -0.1) is 0 Å². The summed E-state index contributed by atoms with van der Waals surface area (Å²) in [6, 6.07) is 9.19. The molecule has 0 saturated heterocycles. The van der Waals surface area contributed by atoms with Crippen LogP contribution in [-0.4, -0.2) is 31.1 Å². The second kappa shape index (κ2) is 10.1. The van der Waals surface area contributed by atoms with Gasteiger partial charge in [-0.1, -0.05) is 24.3 Å². The summed E-state index contributed by atoms with van der Waals surface area (Å²) in [7, 11) is 4.37. The van der Waals surface area contributed by atoms with E-state index >= 15 is 0 Å². The van der Waals surface area contributed by atoms with Gasteiger partial charge in [-0.2, -0.15) is 0 Å². The molecule has 148 valence electrons. The van der Waals surface area contributed by atoms with Crippen LogP contribution in [0.4, 0.5) is 0 Å². The summed E-state index contributed by atoms with van der Waals surface area (Å²) >= 11 is 1.73. The summed E-state index contributed by atoms with van der Waals surface area (Å²) < 4.78 is 21.3. The fourth-order valence-electron chi connectivity index (χ4n) is 2.56. The predicted molar refractivity (Wildman–Crippen MR) is 114 cm³/mol. The molecular formula is C21H21IO6. The molecule has 0 radical (unpaired) electrons. The number of ether oxygens (including phenoxy) is 4. The lowest BCUT2D eigenvalue weighted by atomic mass is 10.1. The lowest BCUT2D eigenvalue weighted by molar-refractivity contribution is -0.134. The number of rotatable bonds is 8. The minimum atomic E-state index is -0.407. The van der Waals surface area contributed by atoms with Crippen LogP contribution in [-0.2, 0) is 16.1 Å². The first-order chi connectivity index (χ1) is 13.4. The van der Waals surface area contributed by atoms with E-state index in [1.165, 1.54) is 27.4 Å². The minimum absolute atomic E-state index is 0.103. The summed E-state index contributed by atoms with van der Waals surface area (Å²) in [5.74, 6) is 0.936. The molecule has 0 atom stereocenters. The third kappa shape index (κ3) is 5.25. The molecule has 0 unspecified atom stereocenters. The molecule has 2 aromatic rings. The Hall–Kier alpha value is -2.55. The first-order valence-electron chi connectivity index (χ1n) is 8.34. The Morgan fingerprint density at radius 1 is 1.04 bits per heavy atom. The molecule has 0 aliphatic heterocycles. The van der Waals surface area contributed by atoms with Crippen LogP contribution in [0, 0.1) is 6.92 Å². The Morgan fingerprint density at radius 3 is 2.25 bits per heavy atom. The predicted octanol–water partition coefficient (Wildman–Crippen LogP) is 4.35. The van der Waals surface area contributed by atoms with E-state index in [2.05, 4.69) is 4.74 Å². The number of esters is 1. The average molecular weight is 496 g/mol. The van der Waals surface area contributed by atoms with E-state index in [4.69, 9.17) is 14.2 Å². The van der Waals surface area contributed by atoms with Gasteiger partial charge < -0.3 is 18.9 Å². The van der Waals surface area contributed by atoms with Gasteiger partial charge in [0.15, 0.2) is 11.5 Å². The van der Waals surface area contributed by atoms with Crippen LogP contribution >= 0.6 is 22.6 Å². The van der Waals surface area contributed by atoms with Crippen molar-refractivity contribution < 1.29 is 28.5 Å². The van der Waals surface area contributed by atoms with E-state index in [-0.39, 0.29) is 10.4 Å². The highest BCUT2D eigenvalue weighted by molar-refractivity contribution is 14.1. The molecule has 28 heavy (non-hydrogen) atoms. The van der Waals surface area contributed by atoms with Crippen molar-refractivity contribution in [1.82, 2.24) is 0 Å². The van der Waals surface area contributed by atoms with Gasteiger partial charge in [0.05, 0.1) is 21.3 Å². The Morgan fingerprint density at radius 2 is 1.71 bits per heavy atom. The maximum atomic E-state index is 11.8. The van der Waals surface area contributed by atoms with Gasteiger partial charge in [0.2, 0.25) is 9.54 Å². The van der Waals surface area contributed by atoms with Gasteiger partial charge in [-0.05, 0) is 30.2 Å². The van der Waals surface area contributed by atoms with E-state index in [0.29, 0.717) is 28.4 Å². The molecule has 7 heteroatoms. The quantitative estimate of drug-likeness (QED) is 0.234. The summed E-state index contributed by atoms with van der Waals surface area (Å²) in [5, 5.41) is 0. The largest absolute Gasteiger partial charge is 0.493 e. The van der Waals surface area contributed by atoms with Crippen LogP contribution < -0.4 is 14.2 Å². The Kier molecular flexibility index (Phi) is 7.86. The minimum Gasteiger partial charge on any atom is -0.493 e. The van der Waals surface area contributed by atoms with Crippen molar-refractivity contribution >= 4 is 38.4 Å². The van der Waals surface area contributed by atoms with Crippen molar-refractivity contribution in [3.8, 4) is 17.2 Å². The zero-order valence-electron chi connectivity index (χ0n) is 16.1. The van der Waals surface area contributed by atoms with Crippen molar-refractivity contribution in [3.05, 3.63) is 58.7 Å². The van der Waals surface area contributed by atoms with Crippen molar-refractivity contribution in [1.29, 1.82) is 0 Å². The average Bonchev–Trinajstić information content (AvgIpc) is 2.70. The summed E-state index contributed by atoms with van der Waals surface area (Å²) in [5.41, 5.74) is 3.00. The number of carbonyl (C=O) groups is 2. The number of benzene rings is 2. The molecule has 0 aliphatic carbocycles. The van der Waals surface area contributed by atoms with Gasteiger partial charge in [0.25, 0.3) is 0 Å². The van der Waals surface area contributed by atoms with E-state index in [9.17, 15) is 9.59 Å². The SMILES string of the molecule is COC(=O)/C=C/c1ccc(COc2c(OC)cc(C(=O)I)c(C)c2OC)cc1. The first kappa shape index (κ1) is 21.7. The van der Waals surface area contributed by atoms with E-state index in [1.54, 1.807) is 41.7 Å². The fraction of sp³-hybridized carbons (Fsp3) is 0.238. The van der Waals surface area contributed by atoms with Crippen LogP contribution in [0.25, 0.3) is 6.08 Å². The standard InChI is InChI=1S/C21H21IO6/c1-13-16(21(22)24)11-17(25-2)20(19(13)27-4)28-12-15-7-5-14(6-8-15)9-10-18(23)26-3/h5-11H,12H2,1-4H3/b10-9+. The number of hydrogen-bond donors (Lipinski definition) is 0. The topological polar surface area (TPSA) is 71.1 Å². The highest BCUT2D eigenvalue weighted by Gasteiger charge is 2.21. The van der Waals surface area contributed by atoms with Crippen LogP contribution in [0.1, 0.15) is 27.0 Å². The highest BCUT2D eigenvalue weighted by atomic mass is 127. The molecular weight excluding hydrogens is 475 g/mol. The molecule has 0 aromatic heterocycles. The number of methoxy groups -OCH3 is 3. The van der Waals surface area contributed by atoms with Gasteiger partial charge in [0, 0.05) is 39.8 Å². The number of hydrogen-bond acceptors (Lipinski definition) is 6. The summed E-state index contributed by atoms with van der Waals surface area (Å²) in [4.78, 5) is 23.0. The molecule has 0 N–H and O–H groups in total. The molecule has 0 amide bonds. The molecule has 0 bridgehead atoms. The maximum Gasteiger partial charge on any atom is 0.330 e. The van der Waals surface area contributed by atoms with Gasteiger partial charge in [0.1, 0.15) is 6.61 Å². The molecule has 6 nitrogen and oxygen atoms in total. The Balaban J connectivity index is 2.22. The third-order valence-corrected chi connectivity index (χ3v) is 4.64. The maximum absolute atomic E-state index is 11.8. The second-order valence-corrected chi connectivity index (χ2v) is 6.75. The molecule has 0 spiro atoms. The zero-order chi connectivity index (χ0) is 20.7.